The molecule has 3 rings (SSSR count). The molecule has 2 N–H and O–H groups in total. The zero-order valence-corrected chi connectivity index (χ0v) is 17.8. The van der Waals surface area contributed by atoms with E-state index < -0.39 is 5.91 Å². The lowest BCUT2D eigenvalue weighted by Crippen LogP contribution is -2.22. The Morgan fingerprint density at radius 1 is 1.00 bits per heavy atom. The van der Waals surface area contributed by atoms with E-state index in [2.05, 4.69) is 31.8 Å². The zero-order valence-electron chi connectivity index (χ0n) is 15.4. The highest BCUT2D eigenvalue weighted by Crippen LogP contribution is 2.26. The van der Waals surface area contributed by atoms with Gasteiger partial charge in [0, 0.05) is 15.1 Å². The Kier molecular flexibility index (Phi) is 6.80. The second-order valence-corrected chi connectivity index (χ2v) is 7.57. The molecule has 0 aromatic heterocycles. The Balaban J connectivity index is 1.81. The summed E-state index contributed by atoms with van der Waals surface area (Å²) in [7, 11) is 0. The number of hydrazone groups is 1. The summed E-state index contributed by atoms with van der Waals surface area (Å²) >= 11 is 9.25. The van der Waals surface area contributed by atoms with Gasteiger partial charge in [0.2, 0.25) is 0 Å². The van der Waals surface area contributed by atoms with E-state index in [0.717, 1.165) is 15.6 Å². The number of benzene rings is 3. The molecule has 7 heteroatoms. The summed E-state index contributed by atoms with van der Waals surface area (Å²) in [5.41, 5.74) is 5.26. The van der Waals surface area contributed by atoms with Crippen molar-refractivity contribution in [3.05, 3.63) is 98.5 Å². The number of amides is 2. The number of halogens is 2. The smallest absolute Gasteiger partial charge is 0.273 e. The molecular formula is C22H17BrClN3O2. The standard InChI is InChI=1S/C22H17BrClN3O2/c1-14-11-17(23)12-19(20(14)26-21(28)16-5-3-2-4-6-16)22(29)27-25-13-15-7-9-18(24)10-8-15/h2-13H,1H3,(H,26,28)(H,27,29)/b25-13+. The normalized spacial score (nSPS) is 10.7. The summed E-state index contributed by atoms with van der Waals surface area (Å²) in [4.78, 5) is 25.3. The van der Waals surface area contributed by atoms with E-state index in [0.29, 0.717) is 21.8 Å². The predicted molar refractivity (Wildman–Crippen MR) is 120 cm³/mol. The maximum Gasteiger partial charge on any atom is 0.273 e. The zero-order chi connectivity index (χ0) is 20.8. The molecule has 0 aliphatic rings. The molecule has 146 valence electrons. The van der Waals surface area contributed by atoms with Gasteiger partial charge in [0.15, 0.2) is 0 Å². The molecule has 3 aromatic rings. The van der Waals surface area contributed by atoms with Gasteiger partial charge in [0.05, 0.1) is 17.5 Å². The molecule has 5 nitrogen and oxygen atoms in total. The Bertz CT molecular complexity index is 1070. The first-order chi connectivity index (χ1) is 13.9. The van der Waals surface area contributed by atoms with Gasteiger partial charge in [-0.1, -0.05) is 57.9 Å². The number of carbonyl (C=O) groups excluding carboxylic acids is 2. The van der Waals surface area contributed by atoms with E-state index in [4.69, 9.17) is 11.6 Å². The molecule has 0 heterocycles. The molecular weight excluding hydrogens is 454 g/mol. The van der Waals surface area contributed by atoms with Crippen molar-refractivity contribution < 1.29 is 9.59 Å². The third kappa shape index (κ3) is 5.53. The van der Waals surface area contributed by atoms with E-state index in [1.54, 1.807) is 54.6 Å². The maximum absolute atomic E-state index is 12.7. The molecule has 2 amide bonds. The molecule has 0 aliphatic heterocycles. The quantitative estimate of drug-likeness (QED) is 0.386. The van der Waals surface area contributed by atoms with Crippen LogP contribution in [0.25, 0.3) is 0 Å². The van der Waals surface area contributed by atoms with Crippen molar-refractivity contribution in [2.24, 2.45) is 5.10 Å². The van der Waals surface area contributed by atoms with E-state index in [1.807, 2.05) is 19.1 Å². The summed E-state index contributed by atoms with van der Waals surface area (Å²) in [6.07, 6.45) is 1.52. The van der Waals surface area contributed by atoms with Crippen LogP contribution in [0.3, 0.4) is 0 Å². The van der Waals surface area contributed by atoms with Gasteiger partial charge in [-0.2, -0.15) is 5.10 Å². The fourth-order valence-electron chi connectivity index (χ4n) is 2.64. The van der Waals surface area contributed by atoms with Crippen LogP contribution >= 0.6 is 27.5 Å². The molecule has 0 spiro atoms. The van der Waals surface area contributed by atoms with E-state index >= 15 is 0 Å². The monoisotopic (exact) mass is 469 g/mol. The van der Waals surface area contributed by atoms with Gasteiger partial charge in [-0.3, -0.25) is 9.59 Å². The Labute approximate surface area is 181 Å². The molecule has 0 aliphatic carbocycles. The predicted octanol–water partition coefficient (Wildman–Crippen LogP) is 5.43. The van der Waals surface area contributed by atoms with Crippen LogP contribution < -0.4 is 10.7 Å². The Morgan fingerprint density at radius 2 is 1.69 bits per heavy atom. The van der Waals surface area contributed by atoms with Crippen molar-refractivity contribution in [1.82, 2.24) is 5.43 Å². The fourth-order valence-corrected chi connectivity index (χ4v) is 3.34. The fraction of sp³-hybridized carbons (Fsp3) is 0.0455. The van der Waals surface area contributed by atoms with E-state index in [9.17, 15) is 9.59 Å². The highest BCUT2D eigenvalue weighted by atomic mass is 79.9. The molecule has 0 fully saturated rings. The third-order valence-corrected chi connectivity index (χ3v) is 4.78. The highest BCUT2D eigenvalue weighted by molar-refractivity contribution is 9.10. The average molecular weight is 471 g/mol. The summed E-state index contributed by atoms with van der Waals surface area (Å²) < 4.78 is 0.722. The van der Waals surface area contributed by atoms with Crippen molar-refractivity contribution in [3.63, 3.8) is 0 Å². The Hall–Kier alpha value is -2.96. The minimum absolute atomic E-state index is 0.297. The van der Waals surface area contributed by atoms with Crippen LogP contribution in [-0.4, -0.2) is 18.0 Å². The Morgan fingerprint density at radius 3 is 2.38 bits per heavy atom. The van der Waals surface area contributed by atoms with E-state index in [1.165, 1.54) is 6.21 Å². The number of hydrogen-bond acceptors (Lipinski definition) is 3. The minimum Gasteiger partial charge on any atom is -0.321 e. The van der Waals surface area contributed by atoms with Gasteiger partial charge in [0.25, 0.3) is 11.8 Å². The lowest BCUT2D eigenvalue weighted by Gasteiger charge is -2.14. The number of carbonyl (C=O) groups is 2. The van der Waals surface area contributed by atoms with Crippen LogP contribution in [0.2, 0.25) is 5.02 Å². The van der Waals surface area contributed by atoms with Crippen molar-refractivity contribution in [1.29, 1.82) is 0 Å². The summed E-state index contributed by atoms with van der Waals surface area (Å²) in [6.45, 7) is 1.82. The molecule has 0 unspecified atom stereocenters. The lowest BCUT2D eigenvalue weighted by atomic mass is 10.1. The third-order valence-electron chi connectivity index (χ3n) is 4.07. The second-order valence-electron chi connectivity index (χ2n) is 6.22. The van der Waals surface area contributed by atoms with Crippen LogP contribution in [0, 0.1) is 6.92 Å². The number of nitrogens with zero attached hydrogens (tertiary/aromatic N) is 1. The summed E-state index contributed by atoms with van der Waals surface area (Å²) in [6, 6.07) is 19.3. The van der Waals surface area contributed by atoms with Crippen molar-refractivity contribution in [2.45, 2.75) is 6.92 Å². The van der Waals surface area contributed by atoms with Crippen LogP contribution in [-0.2, 0) is 0 Å². The molecule has 0 saturated heterocycles. The van der Waals surface area contributed by atoms with Crippen molar-refractivity contribution >= 4 is 51.2 Å². The van der Waals surface area contributed by atoms with Crippen LogP contribution in [0.1, 0.15) is 31.8 Å². The average Bonchev–Trinajstić information content (AvgIpc) is 2.71. The molecule has 29 heavy (non-hydrogen) atoms. The molecule has 0 atom stereocenters. The lowest BCUT2D eigenvalue weighted by molar-refractivity contribution is 0.0956. The first-order valence-electron chi connectivity index (χ1n) is 8.69. The van der Waals surface area contributed by atoms with Crippen molar-refractivity contribution in [3.8, 4) is 0 Å². The van der Waals surface area contributed by atoms with Crippen molar-refractivity contribution in [2.75, 3.05) is 5.32 Å². The van der Waals surface area contributed by atoms with Gasteiger partial charge in [-0.15, -0.1) is 0 Å². The van der Waals surface area contributed by atoms with E-state index in [-0.39, 0.29) is 5.91 Å². The number of hydrogen-bond donors (Lipinski definition) is 2. The SMILES string of the molecule is Cc1cc(Br)cc(C(=O)N/N=C/c2ccc(Cl)cc2)c1NC(=O)c1ccccc1. The van der Waals surface area contributed by atoms with Gasteiger partial charge in [-0.25, -0.2) is 5.43 Å². The molecule has 3 aromatic carbocycles. The molecule has 0 saturated carbocycles. The van der Waals surface area contributed by atoms with Crippen LogP contribution in [0.4, 0.5) is 5.69 Å². The van der Waals surface area contributed by atoms with Gasteiger partial charge in [-0.05, 0) is 54.4 Å². The largest absolute Gasteiger partial charge is 0.321 e. The second kappa shape index (κ2) is 9.49. The summed E-state index contributed by atoms with van der Waals surface area (Å²) in [5.74, 6) is -0.738. The topological polar surface area (TPSA) is 70.6 Å². The first kappa shape index (κ1) is 20.8. The number of aryl methyl sites for hydroxylation is 1. The highest BCUT2D eigenvalue weighted by Gasteiger charge is 2.17. The number of anilines is 1. The number of rotatable bonds is 5. The first-order valence-corrected chi connectivity index (χ1v) is 9.86. The van der Waals surface area contributed by atoms with Gasteiger partial charge in [0.1, 0.15) is 0 Å². The minimum atomic E-state index is -0.442. The van der Waals surface area contributed by atoms with Gasteiger partial charge < -0.3 is 5.32 Å². The molecule has 0 bridgehead atoms. The maximum atomic E-state index is 12.7. The van der Waals surface area contributed by atoms with Crippen LogP contribution in [0.15, 0.2) is 76.3 Å². The molecule has 0 radical (unpaired) electrons. The number of nitrogens with one attached hydrogen (secondary N) is 2. The van der Waals surface area contributed by atoms with Gasteiger partial charge >= 0.3 is 0 Å². The van der Waals surface area contributed by atoms with Crippen LogP contribution in [0.5, 0.6) is 0 Å². The summed E-state index contributed by atoms with van der Waals surface area (Å²) in [5, 5.41) is 7.44.